The number of carbonyl (C=O) groups is 1. The summed E-state index contributed by atoms with van der Waals surface area (Å²) in [7, 11) is 3.23. The predicted octanol–water partition coefficient (Wildman–Crippen LogP) is 4.89. The molecule has 5 nitrogen and oxygen atoms in total. The number of hydrogen-bond donors (Lipinski definition) is 0. The summed E-state index contributed by atoms with van der Waals surface area (Å²) < 4.78 is 13.0. The van der Waals surface area contributed by atoms with Gasteiger partial charge in [0.2, 0.25) is 5.78 Å². The van der Waals surface area contributed by atoms with Crippen molar-refractivity contribution in [1.29, 1.82) is 0 Å². The largest absolute Gasteiger partial charge is 0.493 e. The number of hydrogen-bond acceptors (Lipinski definition) is 4. The Labute approximate surface area is 167 Å². The van der Waals surface area contributed by atoms with E-state index in [4.69, 9.17) is 14.5 Å². The van der Waals surface area contributed by atoms with Crippen molar-refractivity contribution in [3.8, 4) is 11.5 Å². The lowest BCUT2D eigenvalue weighted by atomic mass is 10.1. The van der Waals surface area contributed by atoms with Crippen LogP contribution in [0.2, 0.25) is 0 Å². The number of para-hydroxylation sites is 2. The first-order valence-corrected chi connectivity index (χ1v) is 9.27. The van der Waals surface area contributed by atoms with E-state index in [0.717, 1.165) is 27.5 Å². The maximum atomic E-state index is 13.3. The Balaban J connectivity index is 1.92. The molecule has 0 unspecified atom stereocenters. The molecule has 0 amide bonds. The first-order valence-electron chi connectivity index (χ1n) is 9.27. The number of aromatic nitrogens is 2. The quantitative estimate of drug-likeness (QED) is 0.415. The van der Waals surface area contributed by atoms with Crippen LogP contribution in [0.3, 0.4) is 0 Å². The Morgan fingerprint density at radius 3 is 2.24 bits per heavy atom. The molecule has 3 aromatic carbocycles. The first-order chi connectivity index (χ1) is 14.2. The Hall–Kier alpha value is -3.86. The molecule has 0 N–H and O–H groups in total. The summed E-state index contributed by atoms with van der Waals surface area (Å²) in [4.78, 5) is 18.0. The second kappa shape index (κ2) is 6.63. The van der Waals surface area contributed by atoms with Crippen LogP contribution in [-0.2, 0) is 0 Å². The van der Waals surface area contributed by atoms with Crippen LogP contribution in [0.1, 0.15) is 16.1 Å². The van der Waals surface area contributed by atoms with Gasteiger partial charge in [-0.3, -0.25) is 4.79 Å². The van der Waals surface area contributed by atoms with Crippen molar-refractivity contribution in [2.24, 2.45) is 0 Å². The summed E-state index contributed by atoms with van der Waals surface area (Å²) in [5.74, 6) is 1.17. The van der Waals surface area contributed by atoms with E-state index < -0.39 is 0 Å². The fourth-order valence-electron chi connectivity index (χ4n) is 3.79. The Morgan fingerprint density at radius 1 is 0.793 bits per heavy atom. The summed E-state index contributed by atoms with van der Waals surface area (Å²) in [6.07, 6.45) is 0. The topological polar surface area (TPSA) is 52.8 Å². The van der Waals surface area contributed by atoms with Crippen molar-refractivity contribution in [3.63, 3.8) is 0 Å². The molecule has 0 aliphatic carbocycles. The zero-order valence-corrected chi connectivity index (χ0v) is 16.0. The van der Waals surface area contributed by atoms with Gasteiger partial charge in [0.25, 0.3) is 0 Å². The zero-order chi connectivity index (χ0) is 20.0. The smallest absolute Gasteiger partial charge is 0.213 e. The third kappa shape index (κ3) is 2.63. The Kier molecular flexibility index (Phi) is 3.95. The van der Waals surface area contributed by atoms with Crippen LogP contribution >= 0.6 is 0 Å². The highest BCUT2D eigenvalue weighted by Crippen LogP contribution is 2.36. The molecular weight excluding hydrogens is 364 g/mol. The summed E-state index contributed by atoms with van der Waals surface area (Å²) in [6, 6.07) is 22.9. The van der Waals surface area contributed by atoms with E-state index in [9.17, 15) is 4.79 Å². The average Bonchev–Trinajstić information content (AvgIpc) is 3.16. The molecule has 5 aromatic rings. The van der Waals surface area contributed by atoms with Crippen LogP contribution in [0.25, 0.3) is 27.5 Å². The van der Waals surface area contributed by atoms with E-state index in [1.165, 1.54) is 0 Å². The van der Waals surface area contributed by atoms with Crippen LogP contribution < -0.4 is 9.47 Å². The molecule has 0 aliphatic rings. The molecule has 142 valence electrons. The van der Waals surface area contributed by atoms with Gasteiger partial charge in [-0.25, -0.2) is 4.98 Å². The van der Waals surface area contributed by atoms with E-state index in [2.05, 4.69) is 4.40 Å². The van der Waals surface area contributed by atoms with Gasteiger partial charge < -0.3 is 13.9 Å². The van der Waals surface area contributed by atoms with Gasteiger partial charge in [-0.1, -0.05) is 42.5 Å². The minimum absolute atomic E-state index is 0.108. The van der Waals surface area contributed by atoms with Crippen molar-refractivity contribution in [2.45, 2.75) is 0 Å². The SMILES string of the molecule is COc1cc2cc3c(C(=O)c4ccccc4)nc4ccccc4n3c2cc1OC. The van der Waals surface area contributed by atoms with Gasteiger partial charge in [0.15, 0.2) is 11.5 Å². The number of ketones is 1. The predicted molar refractivity (Wildman–Crippen MR) is 113 cm³/mol. The molecule has 0 radical (unpaired) electrons. The molecule has 2 aromatic heterocycles. The maximum Gasteiger partial charge on any atom is 0.213 e. The molecule has 0 bridgehead atoms. The Bertz CT molecular complexity index is 1390. The lowest BCUT2D eigenvalue weighted by molar-refractivity contribution is 0.103. The van der Waals surface area contributed by atoms with Crippen molar-refractivity contribution in [1.82, 2.24) is 9.38 Å². The van der Waals surface area contributed by atoms with Crippen LogP contribution in [-0.4, -0.2) is 29.4 Å². The van der Waals surface area contributed by atoms with Gasteiger partial charge in [0, 0.05) is 17.0 Å². The van der Waals surface area contributed by atoms with Gasteiger partial charge >= 0.3 is 0 Å². The number of carbonyl (C=O) groups excluding carboxylic acids is 1. The lowest BCUT2D eigenvalue weighted by Crippen LogP contribution is -2.07. The summed E-state index contributed by atoms with van der Waals surface area (Å²) >= 11 is 0. The number of benzene rings is 3. The number of nitrogens with zero attached hydrogens (tertiary/aromatic N) is 2. The lowest BCUT2D eigenvalue weighted by Gasteiger charge is -2.10. The molecule has 0 spiro atoms. The van der Waals surface area contributed by atoms with Crippen LogP contribution in [0, 0.1) is 0 Å². The fourth-order valence-corrected chi connectivity index (χ4v) is 3.79. The minimum atomic E-state index is -0.108. The third-order valence-corrected chi connectivity index (χ3v) is 5.16. The average molecular weight is 382 g/mol. The number of rotatable bonds is 4. The van der Waals surface area contributed by atoms with E-state index in [-0.39, 0.29) is 5.78 Å². The fraction of sp³-hybridized carbons (Fsp3) is 0.0833. The zero-order valence-electron chi connectivity index (χ0n) is 16.0. The molecule has 0 aliphatic heterocycles. The molecule has 5 rings (SSSR count). The van der Waals surface area contributed by atoms with Gasteiger partial charge in [-0.15, -0.1) is 0 Å². The van der Waals surface area contributed by atoms with Crippen molar-refractivity contribution in [2.75, 3.05) is 14.2 Å². The molecule has 0 atom stereocenters. The highest BCUT2D eigenvalue weighted by molar-refractivity contribution is 6.14. The van der Waals surface area contributed by atoms with E-state index in [1.807, 2.05) is 72.8 Å². The normalized spacial score (nSPS) is 11.2. The van der Waals surface area contributed by atoms with Gasteiger partial charge in [-0.05, 0) is 24.3 Å². The first kappa shape index (κ1) is 17.3. The van der Waals surface area contributed by atoms with E-state index in [1.54, 1.807) is 14.2 Å². The van der Waals surface area contributed by atoms with Gasteiger partial charge in [0.1, 0.15) is 5.69 Å². The summed E-state index contributed by atoms with van der Waals surface area (Å²) in [5, 5.41) is 0.947. The second-order valence-corrected chi connectivity index (χ2v) is 6.78. The molecule has 2 heterocycles. The maximum absolute atomic E-state index is 13.3. The van der Waals surface area contributed by atoms with Crippen molar-refractivity contribution >= 4 is 33.2 Å². The van der Waals surface area contributed by atoms with Gasteiger partial charge in [-0.2, -0.15) is 0 Å². The minimum Gasteiger partial charge on any atom is -0.493 e. The van der Waals surface area contributed by atoms with Crippen LogP contribution in [0.15, 0.2) is 72.8 Å². The molecule has 5 heteroatoms. The number of methoxy groups -OCH3 is 2. The summed E-state index contributed by atoms with van der Waals surface area (Å²) in [6.45, 7) is 0. The highest BCUT2D eigenvalue weighted by Gasteiger charge is 2.20. The highest BCUT2D eigenvalue weighted by atomic mass is 16.5. The number of fused-ring (bicyclic) bond motifs is 5. The molecular formula is C24H18N2O3. The van der Waals surface area contributed by atoms with Crippen molar-refractivity contribution in [3.05, 3.63) is 84.1 Å². The number of ether oxygens (including phenoxy) is 2. The van der Waals surface area contributed by atoms with E-state index >= 15 is 0 Å². The molecule has 0 saturated heterocycles. The van der Waals surface area contributed by atoms with Crippen molar-refractivity contribution < 1.29 is 14.3 Å². The third-order valence-electron chi connectivity index (χ3n) is 5.16. The molecule has 0 saturated carbocycles. The van der Waals surface area contributed by atoms with Gasteiger partial charge in [0.05, 0.1) is 36.3 Å². The molecule has 0 fully saturated rings. The molecule has 29 heavy (non-hydrogen) atoms. The Morgan fingerprint density at radius 2 is 1.48 bits per heavy atom. The van der Waals surface area contributed by atoms with E-state index in [0.29, 0.717) is 22.8 Å². The standard InChI is InChI=1S/C24H18N2O3/c1-28-21-13-16-12-20-23(24(27)15-8-4-3-5-9-15)25-17-10-6-7-11-18(17)26(20)19(16)14-22(21)29-2/h3-14H,1-2H3. The second-order valence-electron chi connectivity index (χ2n) is 6.78. The monoisotopic (exact) mass is 382 g/mol. The summed E-state index contributed by atoms with van der Waals surface area (Å²) in [5.41, 5.74) is 4.39. The van der Waals surface area contributed by atoms with Crippen LogP contribution in [0.4, 0.5) is 0 Å². The van der Waals surface area contributed by atoms with Crippen LogP contribution in [0.5, 0.6) is 11.5 Å².